The second-order valence-electron chi connectivity index (χ2n) is 7.06. The van der Waals surface area contributed by atoms with Crippen LogP contribution in [0.4, 0.5) is 4.79 Å². The molecule has 1 heterocycles. The molecule has 2 N–H and O–H groups in total. The van der Waals surface area contributed by atoms with Crippen LogP contribution in [0.1, 0.15) is 20.8 Å². The van der Waals surface area contributed by atoms with Gasteiger partial charge in [-0.3, -0.25) is 4.79 Å². The number of amides is 1. The molecule has 10 nitrogen and oxygen atoms in total. The van der Waals surface area contributed by atoms with Gasteiger partial charge in [-0.25, -0.2) is 23.3 Å². The van der Waals surface area contributed by atoms with Crippen LogP contribution < -0.4 is 9.88 Å². The van der Waals surface area contributed by atoms with E-state index in [0.717, 1.165) is 16.2 Å². The lowest BCUT2D eigenvalue weighted by atomic mass is 10.2. The lowest BCUT2D eigenvalue weighted by molar-refractivity contribution is -0.145. The zero-order chi connectivity index (χ0) is 21.8. The average Bonchev–Trinajstić information content (AvgIpc) is 3.01. The van der Waals surface area contributed by atoms with Gasteiger partial charge in [-0.1, -0.05) is 0 Å². The molecule has 0 aliphatic heterocycles. The molecule has 1 amide bonds. The second kappa shape index (κ2) is 8.93. The first kappa shape index (κ1) is 22.8. The highest BCUT2D eigenvalue weighted by atomic mass is 32.2. The molecule has 1 aromatic heterocycles. The number of sulfonamides is 1. The molecule has 0 fully saturated rings. The number of ether oxygens (including phenoxy) is 3. The van der Waals surface area contributed by atoms with Crippen LogP contribution in [0.2, 0.25) is 0 Å². The monoisotopic (exact) mass is 445 g/mol. The highest BCUT2D eigenvalue weighted by molar-refractivity contribution is 7.91. The van der Waals surface area contributed by atoms with E-state index >= 15 is 0 Å². The van der Waals surface area contributed by atoms with Gasteiger partial charge in [0.25, 0.3) is 10.0 Å². The number of carbonyl (C=O) groups excluding carboxylic acids is 2. The van der Waals surface area contributed by atoms with Crippen molar-refractivity contribution in [2.45, 2.75) is 30.7 Å². The third kappa shape index (κ3) is 7.15. The maximum atomic E-state index is 11.8. The molecular formula is C17H23N3O7S2. The summed E-state index contributed by atoms with van der Waals surface area (Å²) >= 11 is 0.937. The summed E-state index contributed by atoms with van der Waals surface area (Å²) in [5.41, 5.74) is -0.167. The van der Waals surface area contributed by atoms with Gasteiger partial charge in [0, 0.05) is 7.05 Å². The summed E-state index contributed by atoms with van der Waals surface area (Å²) in [6.07, 6.45) is -0.623. The van der Waals surface area contributed by atoms with E-state index in [4.69, 9.17) is 19.3 Å². The number of esters is 1. The number of carbonyl (C=O) groups is 2. The van der Waals surface area contributed by atoms with Crippen LogP contribution in [0.3, 0.4) is 0 Å². The molecule has 0 saturated heterocycles. The molecule has 0 bridgehead atoms. The van der Waals surface area contributed by atoms with Gasteiger partial charge in [0.15, 0.2) is 0 Å². The van der Waals surface area contributed by atoms with Crippen LogP contribution in [-0.4, -0.2) is 62.8 Å². The Morgan fingerprint density at radius 1 is 1.24 bits per heavy atom. The second-order valence-corrected chi connectivity index (χ2v) is 9.83. The van der Waals surface area contributed by atoms with E-state index in [2.05, 4.69) is 4.98 Å². The molecule has 0 spiro atoms. The van der Waals surface area contributed by atoms with Crippen LogP contribution in [0.5, 0.6) is 5.75 Å². The van der Waals surface area contributed by atoms with Crippen molar-refractivity contribution in [2.24, 2.45) is 5.14 Å². The zero-order valence-electron chi connectivity index (χ0n) is 16.5. The topological polar surface area (TPSA) is 138 Å². The van der Waals surface area contributed by atoms with Crippen LogP contribution in [0, 0.1) is 0 Å². The van der Waals surface area contributed by atoms with E-state index in [1.54, 1.807) is 39.0 Å². The lowest BCUT2D eigenvalue weighted by Gasteiger charge is -2.24. The summed E-state index contributed by atoms with van der Waals surface area (Å²) in [4.78, 5) is 28.7. The Kier molecular flexibility index (Phi) is 7.03. The number of hydrogen-bond acceptors (Lipinski definition) is 9. The number of rotatable bonds is 7. The predicted molar refractivity (Wildman–Crippen MR) is 106 cm³/mol. The molecule has 12 heteroatoms. The first-order chi connectivity index (χ1) is 13.3. The Bertz CT molecular complexity index is 996. The van der Waals surface area contributed by atoms with E-state index in [0.29, 0.717) is 16.0 Å². The van der Waals surface area contributed by atoms with Gasteiger partial charge in [0.1, 0.15) is 31.1 Å². The average molecular weight is 446 g/mol. The Labute approximate surface area is 172 Å². The fourth-order valence-electron chi connectivity index (χ4n) is 2.05. The molecule has 0 aliphatic carbocycles. The number of likely N-dealkylation sites (N-methyl/N-ethyl adjacent to an activating group) is 1. The van der Waals surface area contributed by atoms with Crippen molar-refractivity contribution >= 4 is 43.6 Å². The molecular weight excluding hydrogens is 422 g/mol. The molecule has 1 aromatic carbocycles. The largest absolute Gasteiger partial charge is 0.490 e. The molecule has 0 saturated carbocycles. The third-order valence-electron chi connectivity index (χ3n) is 3.27. The molecule has 0 aliphatic rings. The van der Waals surface area contributed by atoms with E-state index in [1.807, 2.05) is 0 Å². The summed E-state index contributed by atoms with van der Waals surface area (Å²) in [5.74, 6) is -0.137. The fraction of sp³-hybridized carbons (Fsp3) is 0.471. The molecule has 0 unspecified atom stereocenters. The van der Waals surface area contributed by atoms with Crippen molar-refractivity contribution in [3.63, 3.8) is 0 Å². The normalized spacial score (nSPS) is 11.9. The minimum Gasteiger partial charge on any atom is -0.490 e. The Morgan fingerprint density at radius 2 is 1.93 bits per heavy atom. The van der Waals surface area contributed by atoms with Gasteiger partial charge >= 0.3 is 12.1 Å². The number of nitrogens with two attached hydrogens (primary N) is 1. The van der Waals surface area contributed by atoms with E-state index in [1.165, 1.54) is 7.05 Å². The summed E-state index contributed by atoms with van der Waals surface area (Å²) in [5, 5.41) is 5.08. The van der Waals surface area contributed by atoms with Crippen molar-refractivity contribution in [3.8, 4) is 5.75 Å². The molecule has 29 heavy (non-hydrogen) atoms. The van der Waals surface area contributed by atoms with E-state index in [9.17, 15) is 18.0 Å². The van der Waals surface area contributed by atoms with Crippen LogP contribution >= 0.6 is 11.3 Å². The molecule has 2 rings (SSSR count). The number of nitrogens with zero attached hydrogens (tertiary/aromatic N) is 2. The third-order valence-corrected chi connectivity index (χ3v) is 5.61. The Balaban J connectivity index is 1.80. The predicted octanol–water partition coefficient (Wildman–Crippen LogP) is 1.73. The van der Waals surface area contributed by atoms with Gasteiger partial charge in [-0.15, -0.1) is 11.3 Å². The zero-order valence-corrected chi connectivity index (χ0v) is 18.1. The standard InChI is InChI=1S/C17H23N3O7S2/c1-17(2,3)27-16(22)20(4)10-14(21)26-8-7-25-11-5-6-12-13(9-11)28-15(19-12)29(18,23)24/h5-6,9H,7-8,10H2,1-4H3,(H2,18,23,24). The number of thiazole rings is 1. The summed E-state index contributed by atoms with van der Waals surface area (Å²) in [7, 11) is -2.43. The highest BCUT2D eigenvalue weighted by Crippen LogP contribution is 2.28. The van der Waals surface area contributed by atoms with Gasteiger partial charge in [0.2, 0.25) is 4.34 Å². The van der Waals surface area contributed by atoms with Gasteiger partial charge in [-0.2, -0.15) is 0 Å². The van der Waals surface area contributed by atoms with Gasteiger partial charge in [0.05, 0.1) is 10.2 Å². The number of hydrogen-bond donors (Lipinski definition) is 1. The van der Waals surface area contributed by atoms with Crippen LogP contribution in [-0.2, 0) is 24.3 Å². The molecule has 2 aromatic rings. The minimum atomic E-state index is -3.86. The van der Waals surface area contributed by atoms with Crippen molar-refractivity contribution in [1.82, 2.24) is 9.88 Å². The molecule has 0 radical (unpaired) electrons. The van der Waals surface area contributed by atoms with Crippen molar-refractivity contribution < 1.29 is 32.2 Å². The SMILES string of the molecule is CN(CC(=O)OCCOc1ccc2nc(S(N)(=O)=O)sc2c1)C(=O)OC(C)(C)C. The first-order valence-electron chi connectivity index (χ1n) is 8.51. The Morgan fingerprint density at radius 3 is 2.55 bits per heavy atom. The van der Waals surface area contributed by atoms with Gasteiger partial charge in [-0.05, 0) is 39.0 Å². The minimum absolute atomic E-state index is 0.0237. The smallest absolute Gasteiger partial charge is 0.410 e. The highest BCUT2D eigenvalue weighted by Gasteiger charge is 2.21. The summed E-state index contributed by atoms with van der Waals surface area (Å²) in [6.45, 7) is 4.99. The van der Waals surface area contributed by atoms with Crippen molar-refractivity contribution in [2.75, 3.05) is 26.8 Å². The molecule has 160 valence electrons. The van der Waals surface area contributed by atoms with Crippen LogP contribution in [0.15, 0.2) is 22.5 Å². The quantitative estimate of drug-likeness (QED) is 0.502. The Hall–Kier alpha value is -2.44. The first-order valence-corrected chi connectivity index (χ1v) is 10.9. The van der Waals surface area contributed by atoms with E-state index < -0.39 is 27.7 Å². The van der Waals surface area contributed by atoms with Crippen molar-refractivity contribution in [1.29, 1.82) is 0 Å². The maximum absolute atomic E-state index is 11.8. The van der Waals surface area contributed by atoms with Gasteiger partial charge < -0.3 is 19.1 Å². The summed E-state index contributed by atoms with van der Waals surface area (Å²) in [6, 6.07) is 4.85. The fourth-order valence-corrected chi connectivity index (χ4v) is 3.74. The maximum Gasteiger partial charge on any atom is 0.410 e. The lowest BCUT2D eigenvalue weighted by Crippen LogP contribution is -2.37. The summed E-state index contributed by atoms with van der Waals surface area (Å²) < 4.78 is 38.8. The molecule has 0 atom stereocenters. The van der Waals surface area contributed by atoms with E-state index in [-0.39, 0.29) is 24.1 Å². The number of primary sulfonamides is 1. The number of benzene rings is 1. The van der Waals surface area contributed by atoms with Crippen molar-refractivity contribution in [3.05, 3.63) is 18.2 Å². The van der Waals surface area contributed by atoms with Crippen LogP contribution in [0.25, 0.3) is 10.2 Å². The number of fused-ring (bicyclic) bond motifs is 1. The number of aromatic nitrogens is 1.